The number of ketones is 1. The first kappa shape index (κ1) is 20.4. The summed E-state index contributed by atoms with van der Waals surface area (Å²) < 4.78 is 0. The lowest BCUT2D eigenvalue weighted by molar-refractivity contribution is -0.148. The summed E-state index contributed by atoms with van der Waals surface area (Å²) in [6.07, 6.45) is -1.23. The molecule has 0 radical (unpaired) electrons. The van der Waals surface area contributed by atoms with E-state index in [1.807, 2.05) is 0 Å². The number of aliphatic hydroxyl groups excluding tert-OH is 2. The van der Waals surface area contributed by atoms with Gasteiger partial charge < -0.3 is 25.5 Å². The van der Waals surface area contributed by atoms with Crippen LogP contribution in [0, 0.1) is 0 Å². The Morgan fingerprint density at radius 1 is 1.06 bits per heavy atom. The highest BCUT2D eigenvalue weighted by Crippen LogP contribution is 1.73. The normalized spacial score (nSPS) is 9.65. The van der Waals surface area contributed by atoms with Crippen LogP contribution in [0.2, 0.25) is 0 Å². The number of carboxylic acid groups (broad SMARTS) is 3. The molecule has 0 aromatic heterocycles. The molecule has 1 atom stereocenters. The fourth-order valence-corrected chi connectivity index (χ4v) is 0. The summed E-state index contributed by atoms with van der Waals surface area (Å²) in [5, 5.41) is 38.4. The predicted octanol–water partition coefficient (Wildman–Crippen LogP) is -1.82. The van der Waals surface area contributed by atoms with Gasteiger partial charge in [0.15, 0.2) is 0 Å². The average Bonchev–Trinajstić information content (AvgIpc) is 2.19. The summed E-state index contributed by atoms with van der Waals surface area (Å²) in [5.74, 6) is -4.58. The summed E-state index contributed by atoms with van der Waals surface area (Å²) in [5.41, 5.74) is 0. The smallest absolute Gasteiger partial charge is 0.371 e. The van der Waals surface area contributed by atoms with Crippen molar-refractivity contribution in [1.82, 2.24) is 0 Å². The Balaban J connectivity index is -0.000000174. The number of aliphatic carboxylic acids is 3. The summed E-state index contributed by atoms with van der Waals surface area (Å²) in [7, 11) is 0. The van der Waals surface area contributed by atoms with Crippen molar-refractivity contribution < 1.29 is 44.7 Å². The summed E-state index contributed by atoms with van der Waals surface area (Å²) in [6, 6.07) is 0. The van der Waals surface area contributed by atoms with E-state index in [-0.39, 0.29) is 0 Å². The minimum absolute atomic E-state index is 0.778. The van der Waals surface area contributed by atoms with Crippen LogP contribution in [-0.4, -0.2) is 61.9 Å². The summed E-state index contributed by atoms with van der Waals surface area (Å²) >= 11 is 0. The molecule has 0 aliphatic rings. The molecule has 0 saturated heterocycles. The molecule has 0 heterocycles. The number of aliphatic hydroxyl groups is 2. The Labute approximate surface area is 95.9 Å². The fourth-order valence-electron chi connectivity index (χ4n) is 0. The van der Waals surface area contributed by atoms with Crippen LogP contribution >= 0.6 is 0 Å². The first-order valence-electron chi connectivity index (χ1n) is 4.03. The van der Waals surface area contributed by atoms with Crippen molar-refractivity contribution in [2.24, 2.45) is 0 Å². The van der Waals surface area contributed by atoms with Crippen LogP contribution in [0.1, 0.15) is 13.8 Å². The van der Waals surface area contributed by atoms with E-state index < -0.39 is 36.4 Å². The molecule has 0 spiro atoms. The van der Waals surface area contributed by atoms with Gasteiger partial charge in [0.2, 0.25) is 5.78 Å². The predicted molar refractivity (Wildman–Crippen MR) is 52.4 cm³/mol. The van der Waals surface area contributed by atoms with E-state index in [0.29, 0.717) is 0 Å². The number of hydrogen-bond acceptors (Lipinski definition) is 6. The molecule has 0 aliphatic heterocycles. The fraction of sp³-hybridized carbons (Fsp3) is 0.500. The van der Waals surface area contributed by atoms with Gasteiger partial charge in [-0.05, 0) is 6.92 Å². The second-order valence-electron chi connectivity index (χ2n) is 2.43. The Morgan fingerprint density at radius 3 is 1.24 bits per heavy atom. The topological polar surface area (TPSA) is 169 Å². The van der Waals surface area contributed by atoms with Crippen LogP contribution in [0.25, 0.3) is 0 Å². The second kappa shape index (κ2) is 12.1. The number of carbonyl (C=O) groups is 4. The van der Waals surface area contributed by atoms with Crippen molar-refractivity contribution >= 4 is 23.7 Å². The molecule has 0 rings (SSSR count). The second-order valence-corrected chi connectivity index (χ2v) is 2.43. The van der Waals surface area contributed by atoms with Crippen molar-refractivity contribution in [2.45, 2.75) is 20.0 Å². The van der Waals surface area contributed by atoms with E-state index in [2.05, 4.69) is 0 Å². The highest BCUT2D eigenvalue weighted by molar-refractivity contribution is 6.31. The van der Waals surface area contributed by atoms with Crippen molar-refractivity contribution in [3.05, 3.63) is 0 Å². The van der Waals surface area contributed by atoms with Gasteiger partial charge in [0.25, 0.3) is 0 Å². The third-order valence-corrected chi connectivity index (χ3v) is 0.794. The zero-order valence-electron chi connectivity index (χ0n) is 9.15. The van der Waals surface area contributed by atoms with Crippen LogP contribution < -0.4 is 0 Å². The van der Waals surface area contributed by atoms with Gasteiger partial charge in [0.05, 0.1) is 0 Å². The Kier molecular flexibility index (Phi) is 14.5. The molecule has 100 valence electrons. The maximum atomic E-state index is 9.54. The third kappa shape index (κ3) is 31.5. The average molecular weight is 254 g/mol. The van der Waals surface area contributed by atoms with Crippen LogP contribution in [0.4, 0.5) is 0 Å². The van der Waals surface area contributed by atoms with E-state index in [1.165, 1.54) is 6.92 Å². The Bertz CT molecular complexity index is 256. The standard InChI is InChI=1S/C3H6O3.C3H4O3.C2H4O3/c2*1-2(4)3(5)6;3-1-2(4)5/h2,4H,1H3,(H,5,6);1H3,(H,5,6);3H,1H2,(H,4,5). The van der Waals surface area contributed by atoms with Crippen molar-refractivity contribution in [3.63, 3.8) is 0 Å². The van der Waals surface area contributed by atoms with Crippen molar-refractivity contribution in [2.75, 3.05) is 6.61 Å². The lowest BCUT2D eigenvalue weighted by atomic mass is 10.4. The number of Topliss-reactive ketones (excluding diaryl/α,β-unsaturated/α-hetero) is 1. The first-order chi connectivity index (χ1) is 7.56. The van der Waals surface area contributed by atoms with E-state index >= 15 is 0 Å². The summed E-state index contributed by atoms with van der Waals surface area (Å²) in [4.78, 5) is 37.5. The van der Waals surface area contributed by atoms with Crippen LogP contribution in [0.3, 0.4) is 0 Å². The SMILES string of the molecule is CC(=O)C(=O)O.CC(O)C(=O)O.O=C(O)CO. The minimum Gasteiger partial charge on any atom is -0.480 e. The minimum atomic E-state index is -1.38. The molecule has 0 bridgehead atoms. The quantitative estimate of drug-likeness (QED) is 0.363. The molecule has 9 heteroatoms. The molecule has 0 amide bonds. The highest BCUT2D eigenvalue weighted by Gasteiger charge is 2.01. The van der Waals surface area contributed by atoms with Gasteiger partial charge in [-0.2, -0.15) is 0 Å². The van der Waals surface area contributed by atoms with E-state index in [4.69, 9.17) is 30.3 Å². The zero-order chi connectivity index (χ0) is 14.6. The van der Waals surface area contributed by atoms with Gasteiger partial charge in [-0.25, -0.2) is 14.4 Å². The molecule has 0 saturated carbocycles. The van der Waals surface area contributed by atoms with Crippen LogP contribution in [0.5, 0.6) is 0 Å². The molecule has 0 aromatic carbocycles. The number of hydrogen-bond donors (Lipinski definition) is 5. The molecule has 0 aliphatic carbocycles. The van der Waals surface area contributed by atoms with Gasteiger partial charge in [-0.1, -0.05) is 0 Å². The highest BCUT2D eigenvalue weighted by atomic mass is 16.4. The van der Waals surface area contributed by atoms with Gasteiger partial charge in [-0.15, -0.1) is 0 Å². The van der Waals surface area contributed by atoms with Gasteiger partial charge in [0.1, 0.15) is 12.7 Å². The summed E-state index contributed by atoms with van der Waals surface area (Å²) in [6.45, 7) is 1.42. The van der Waals surface area contributed by atoms with E-state index in [9.17, 15) is 14.4 Å². The lowest BCUT2D eigenvalue weighted by Gasteiger charge is -1.89. The molecule has 1 unspecified atom stereocenters. The molecule has 0 fully saturated rings. The van der Waals surface area contributed by atoms with E-state index in [0.717, 1.165) is 6.92 Å². The molecule has 9 nitrogen and oxygen atoms in total. The van der Waals surface area contributed by atoms with Crippen molar-refractivity contribution in [3.8, 4) is 0 Å². The molecular formula is C8H14O9. The van der Waals surface area contributed by atoms with Gasteiger partial charge >= 0.3 is 17.9 Å². The lowest BCUT2D eigenvalue weighted by Crippen LogP contribution is -2.13. The number of carbonyl (C=O) groups excluding carboxylic acids is 1. The monoisotopic (exact) mass is 254 g/mol. The van der Waals surface area contributed by atoms with Gasteiger partial charge in [-0.3, -0.25) is 4.79 Å². The van der Waals surface area contributed by atoms with Crippen LogP contribution in [0.15, 0.2) is 0 Å². The zero-order valence-corrected chi connectivity index (χ0v) is 9.15. The maximum Gasteiger partial charge on any atom is 0.371 e. The van der Waals surface area contributed by atoms with Crippen LogP contribution in [-0.2, 0) is 19.2 Å². The molecule has 17 heavy (non-hydrogen) atoms. The number of rotatable bonds is 3. The van der Waals surface area contributed by atoms with Crippen molar-refractivity contribution in [1.29, 1.82) is 0 Å². The number of carboxylic acids is 3. The van der Waals surface area contributed by atoms with Gasteiger partial charge in [0, 0.05) is 6.92 Å². The largest absolute Gasteiger partial charge is 0.480 e. The third-order valence-electron chi connectivity index (χ3n) is 0.794. The first-order valence-corrected chi connectivity index (χ1v) is 4.03. The van der Waals surface area contributed by atoms with E-state index in [1.54, 1.807) is 0 Å². The Morgan fingerprint density at radius 2 is 1.24 bits per heavy atom. The molecule has 0 aromatic rings. The maximum absolute atomic E-state index is 9.54. The molecule has 5 N–H and O–H groups in total. The molecular weight excluding hydrogens is 240 g/mol. The Hall–Kier alpha value is -2.00.